The highest BCUT2D eigenvalue weighted by atomic mass is 32.1. The molecule has 0 spiro atoms. The van der Waals surface area contributed by atoms with E-state index in [1.54, 1.807) is 11.3 Å². The second-order valence-electron chi connectivity index (χ2n) is 7.44. The number of ether oxygens (including phenoxy) is 1. The summed E-state index contributed by atoms with van der Waals surface area (Å²) < 4.78 is 5.65. The van der Waals surface area contributed by atoms with Crippen LogP contribution in [0.2, 0.25) is 0 Å². The van der Waals surface area contributed by atoms with Gasteiger partial charge in [-0.15, -0.1) is 11.3 Å². The van der Waals surface area contributed by atoms with Gasteiger partial charge >= 0.3 is 0 Å². The van der Waals surface area contributed by atoms with E-state index < -0.39 is 0 Å². The number of nitrogens with one attached hydrogen (secondary N) is 1. The Morgan fingerprint density at radius 1 is 1.15 bits per heavy atom. The molecule has 1 amide bonds. The first-order valence-electron chi connectivity index (χ1n) is 9.90. The van der Waals surface area contributed by atoms with Crippen LogP contribution in [0.5, 0.6) is 5.75 Å². The maximum Gasteiger partial charge on any atom is 0.258 e. The number of piperidine rings is 1. The van der Waals surface area contributed by atoms with E-state index in [-0.39, 0.29) is 18.6 Å². The third kappa shape index (κ3) is 5.81. The van der Waals surface area contributed by atoms with E-state index in [9.17, 15) is 4.79 Å². The summed E-state index contributed by atoms with van der Waals surface area (Å²) in [7, 11) is 0. The lowest BCUT2D eigenvalue weighted by atomic mass is 10.0. The number of amides is 1. The van der Waals surface area contributed by atoms with Crippen molar-refractivity contribution in [2.75, 3.05) is 26.2 Å². The molecule has 1 aliphatic rings. The highest BCUT2D eigenvalue weighted by Gasteiger charge is 2.23. The first-order chi connectivity index (χ1) is 13.1. The van der Waals surface area contributed by atoms with Crippen LogP contribution in [0.25, 0.3) is 0 Å². The van der Waals surface area contributed by atoms with E-state index in [0.29, 0.717) is 12.5 Å². The van der Waals surface area contributed by atoms with Gasteiger partial charge in [-0.2, -0.15) is 0 Å². The molecule has 4 nitrogen and oxygen atoms in total. The number of thiophene rings is 1. The fourth-order valence-corrected chi connectivity index (χ4v) is 4.34. The van der Waals surface area contributed by atoms with Crippen molar-refractivity contribution in [3.63, 3.8) is 0 Å². The fraction of sp³-hybridized carbons (Fsp3) is 0.500. The summed E-state index contributed by atoms with van der Waals surface area (Å²) in [5.41, 5.74) is 1.27. The van der Waals surface area contributed by atoms with Crippen molar-refractivity contribution in [1.29, 1.82) is 0 Å². The van der Waals surface area contributed by atoms with E-state index in [4.69, 9.17) is 4.74 Å². The number of benzene rings is 1. The Balaban J connectivity index is 1.50. The highest BCUT2D eigenvalue weighted by molar-refractivity contribution is 7.10. The van der Waals surface area contributed by atoms with Crippen molar-refractivity contribution >= 4 is 17.2 Å². The molecule has 0 bridgehead atoms. The number of carbonyl (C=O) groups excluding carboxylic acids is 1. The first kappa shape index (κ1) is 19.9. The lowest BCUT2D eigenvalue weighted by Crippen LogP contribution is -2.41. The Morgan fingerprint density at radius 3 is 2.52 bits per heavy atom. The fourth-order valence-electron chi connectivity index (χ4n) is 3.48. The van der Waals surface area contributed by atoms with Crippen LogP contribution < -0.4 is 10.1 Å². The van der Waals surface area contributed by atoms with E-state index in [2.05, 4.69) is 53.7 Å². The number of hydrogen-bond donors (Lipinski definition) is 1. The Labute approximate surface area is 166 Å². The molecular weight excluding hydrogens is 356 g/mol. The van der Waals surface area contributed by atoms with Crippen LogP contribution in [0.15, 0.2) is 41.8 Å². The zero-order valence-corrected chi connectivity index (χ0v) is 17.1. The lowest BCUT2D eigenvalue weighted by Gasteiger charge is -2.34. The van der Waals surface area contributed by atoms with Gasteiger partial charge in [0, 0.05) is 11.4 Å². The average molecular weight is 387 g/mol. The van der Waals surface area contributed by atoms with Gasteiger partial charge in [-0.05, 0) is 61.0 Å². The molecular formula is C22H30N2O2S. The van der Waals surface area contributed by atoms with Crippen LogP contribution in [0.1, 0.15) is 55.5 Å². The predicted octanol–water partition coefficient (Wildman–Crippen LogP) is 4.59. The van der Waals surface area contributed by atoms with Crippen molar-refractivity contribution in [3.8, 4) is 5.75 Å². The summed E-state index contributed by atoms with van der Waals surface area (Å²) in [5.74, 6) is 1.16. The molecule has 146 valence electrons. The number of likely N-dealkylation sites (tertiary alicyclic amines) is 1. The van der Waals surface area contributed by atoms with E-state index in [1.807, 2.05) is 12.1 Å². The number of nitrogens with zero attached hydrogens (tertiary/aromatic N) is 1. The molecule has 1 fully saturated rings. The molecule has 5 heteroatoms. The molecule has 2 aromatic rings. The molecule has 0 saturated carbocycles. The van der Waals surface area contributed by atoms with E-state index in [0.717, 1.165) is 18.8 Å². The monoisotopic (exact) mass is 386 g/mol. The largest absolute Gasteiger partial charge is 0.484 e. The van der Waals surface area contributed by atoms with E-state index in [1.165, 1.54) is 29.7 Å². The zero-order chi connectivity index (χ0) is 19.1. The maximum absolute atomic E-state index is 12.3. The second-order valence-corrected chi connectivity index (χ2v) is 8.42. The van der Waals surface area contributed by atoms with Crippen LogP contribution in [0, 0.1) is 0 Å². The smallest absolute Gasteiger partial charge is 0.258 e. The summed E-state index contributed by atoms with van der Waals surface area (Å²) in [6.45, 7) is 7.23. The molecule has 1 aromatic heterocycles. The molecule has 27 heavy (non-hydrogen) atoms. The minimum atomic E-state index is -0.0681. The molecule has 1 saturated heterocycles. The van der Waals surface area contributed by atoms with Crippen LogP contribution in [0.3, 0.4) is 0 Å². The van der Waals surface area contributed by atoms with Gasteiger partial charge in [0.05, 0.1) is 6.04 Å². The minimum Gasteiger partial charge on any atom is -0.484 e. The van der Waals surface area contributed by atoms with Crippen molar-refractivity contribution in [3.05, 3.63) is 52.2 Å². The van der Waals surface area contributed by atoms with Crippen LogP contribution >= 0.6 is 11.3 Å². The van der Waals surface area contributed by atoms with Gasteiger partial charge in [0.1, 0.15) is 5.75 Å². The standard InChI is InChI=1S/C22H30N2O2S/c1-17(2)18-8-10-19(11-9-18)26-16-22(25)23-15-20(21-7-6-14-27-21)24-12-4-3-5-13-24/h6-11,14,17,20H,3-5,12-13,15-16H2,1-2H3,(H,23,25)/t20-/m0/s1. The third-order valence-electron chi connectivity index (χ3n) is 5.11. The number of rotatable bonds is 8. The van der Waals surface area contributed by atoms with Gasteiger partial charge in [0.2, 0.25) is 0 Å². The van der Waals surface area contributed by atoms with E-state index >= 15 is 0 Å². The van der Waals surface area contributed by atoms with Gasteiger partial charge in [0.25, 0.3) is 5.91 Å². The Bertz CT molecular complexity index is 692. The molecule has 0 aliphatic carbocycles. The molecule has 0 radical (unpaired) electrons. The van der Waals surface area contributed by atoms with Crippen LogP contribution in [-0.4, -0.2) is 37.0 Å². The third-order valence-corrected chi connectivity index (χ3v) is 6.09. The number of carbonyl (C=O) groups is 1. The van der Waals surface area contributed by atoms with Crippen molar-refractivity contribution in [2.45, 2.75) is 45.1 Å². The quantitative estimate of drug-likeness (QED) is 0.721. The summed E-state index contributed by atoms with van der Waals surface area (Å²) in [5, 5.41) is 5.18. The van der Waals surface area contributed by atoms with Crippen molar-refractivity contribution < 1.29 is 9.53 Å². The van der Waals surface area contributed by atoms with Gasteiger partial charge in [-0.3, -0.25) is 9.69 Å². The SMILES string of the molecule is CC(C)c1ccc(OCC(=O)NC[C@@H](c2cccs2)N2CCCCC2)cc1. The second kappa shape index (κ2) is 9.90. The van der Waals surface area contributed by atoms with Crippen LogP contribution in [-0.2, 0) is 4.79 Å². The topological polar surface area (TPSA) is 41.6 Å². The predicted molar refractivity (Wildman–Crippen MR) is 112 cm³/mol. The Kier molecular flexibility index (Phi) is 7.30. The lowest BCUT2D eigenvalue weighted by molar-refractivity contribution is -0.123. The Morgan fingerprint density at radius 2 is 1.89 bits per heavy atom. The zero-order valence-electron chi connectivity index (χ0n) is 16.3. The average Bonchev–Trinajstić information content (AvgIpc) is 3.22. The van der Waals surface area contributed by atoms with Crippen LogP contribution in [0.4, 0.5) is 0 Å². The molecule has 1 aliphatic heterocycles. The molecule has 1 atom stereocenters. The Hall–Kier alpha value is -1.85. The molecule has 1 N–H and O–H groups in total. The van der Waals surface area contributed by atoms with Gasteiger partial charge < -0.3 is 10.1 Å². The summed E-state index contributed by atoms with van der Waals surface area (Å²) in [6.07, 6.45) is 3.79. The van der Waals surface area contributed by atoms with Crippen molar-refractivity contribution in [1.82, 2.24) is 10.2 Å². The first-order valence-corrected chi connectivity index (χ1v) is 10.8. The molecule has 0 unspecified atom stereocenters. The minimum absolute atomic E-state index is 0.0538. The van der Waals surface area contributed by atoms with Gasteiger partial charge in [0.15, 0.2) is 6.61 Å². The normalized spacial score (nSPS) is 16.3. The summed E-state index contributed by atoms with van der Waals surface area (Å²) in [6, 6.07) is 12.5. The number of hydrogen-bond acceptors (Lipinski definition) is 4. The van der Waals surface area contributed by atoms with Crippen molar-refractivity contribution in [2.24, 2.45) is 0 Å². The highest BCUT2D eigenvalue weighted by Crippen LogP contribution is 2.27. The molecule has 3 rings (SSSR count). The molecule has 2 heterocycles. The summed E-state index contributed by atoms with van der Waals surface area (Å²) >= 11 is 1.77. The molecule has 1 aromatic carbocycles. The summed E-state index contributed by atoms with van der Waals surface area (Å²) in [4.78, 5) is 16.1. The van der Waals surface area contributed by atoms with Gasteiger partial charge in [-0.25, -0.2) is 0 Å². The maximum atomic E-state index is 12.3. The van der Waals surface area contributed by atoms with Gasteiger partial charge in [-0.1, -0.05) is 38.5 Å².